The maximum absolute atomic E-state index is 11.4. The number of aliphatic hydroxyl groups is 1. The lowest BCUT2D eigenvalue weighted by atomic mass is 10.0. The van der Waals surface area contributed by atoms with Gasteiger partial charge in [0.2, 0.25) is 10.0 Å². The molecule has 0 radical (unpaired) electrons. The number of hydrogen-bond donors (Lipinski definition) is 1. The monoisotopic (exact) mass is 248 g/mol. The highest BCUT2D eigenvalue weighted by atomic mass is 32.2. The van der Waals surface area contributed by atoms with E-state index in [4.69, 9.17) is 0 Å². The van der Waals surface area contributed by atoms with E-state index >= 15 is 0 Å². The highest BCUT2D eigenvalue weighted by Gasteiger charge is 2.41. The lowest BCUT2D eigenvalue weighted by Gasteiger charge is -2.28. The molecule has 94 valence electrons. The van der Waals surface area contributed by atoms with Crippen molar-refractivity contribution in [3.8, 4) is 0 Å². The summed E-state index contributed by atoms with van der Waals surface area (Å²) in [4.78, 5) is 2.23. The first-order chi connectivity index (χ1) is 7.39. The van der Waals surface area contributed by atoms with E-state index in [1.165, 1.54) is 23.4 Å². The van der Waals surface area contributed by atoms with Gasteiger partial charge < -0.3 is 10.0 Å². The van der Waals surface area contributed by atoms with Crippen molar-refractivity contribution in [2.24, 2.45) is 0 Å². The predicted octanol–water partition coefficient (Wildman–Crippen LogP) is -0.521. The summed E-state index contributed by atoms with van der Waals surface area (Å²) in [5.74, 6) is 0. The number of β-amino-alcohol motifs (C(OH)–C–C–N with tert-alkyl or cyclic N) is 1. The van der Waals surface area contributed by atoms with Gasteiger partial charge in [0.1, 0.15) is 0 Å². The van der Waals surface area contributed by atoms with Gasteiger partial charge in [0.05, 0.1) is 11.9 Å². The van der Waals surface area contributed by atoms with Crippen molar-refractivity contribution in [1.82, 2.24) is 9.21 Å². The molecule has 2 aliphatic rings. The minimum Gasteiger partial charge on any atom is -0.387 e. The van der Waals surface area contributed by atoms with Crippen LogP contribution in [-0.4, -0.2) is 67.3 Å². The van der Waals surface area contributed by atoms with E-state index in [0.29, 0.717) is 19.5 Å². The Morgan fingerprint density at radius 1 is 1.25 bits per heavy atom. The van der Waals surface area contributed by atoms with Gasteiger partial charge in [-0.2, -0.15) is 4.31 Å². The van der Waals surface area contributed by atoms with E-state index in [0.717, 1.165) is 13.1 Å². The summed E-state index contributed by atoms with van der Waals surface area (Å²) in [5.41, 5.74) is -0.840. The van der Waals surface area contributed by atoms with Crippen LogP contribution >= 0.6 is 0 Å². The molecule has 0 bridgehead atoms. The van der Waals surface area contributed by atoms with Crippen molar-refractivity contribution in [2.75, 3.05) is 39.0 Å². The Morgan fingerprint density at radius 3 is 2.38 bits per heavy atom. The van der Waals surface area contributed by atoms with E-state index in [1.807, 2.05) is 0 Å². The lowest BCUT2D eigenvalue weighted by Crippen LogP contribution is -2.44. The van der Waals surface area contributed by atoms with Crippen LogP contribution in [0.15, 0.2) is 0 Å². The lowest BCUT2D eigenvalue weighted by molar-refractivity contribution is 0.0233. The second-order valence-corrected chi connectivity index (χ2v) is 7.04. The third-order valence-corrected chi connectivity index (χ3v) is 4.73. The van der Waals surface area contributed by atoms with E-state index < -0.39 is 15.6 Å². The van der Waals surface area contributed by atoms with Gasteiger partial charge in [0.15, 0.2) is 0 Å². The fraction of sp³-hybridized carbons (Fsp3) is 1.00. The first-order valence-electron chi connectivity index (χ1n) is 5.79. The molecule has 2 rings (SSSR count). The molecule has 5 nitrogen and oxygen atoms in total. The molecule has 0 aromatic rings. The summed E-state index contributed by atoms with van der Waals surface area (Å²) in [5, 5.41) is 10.3. The molecule has 6 heteroatoms. The minimum atomic E-state index is -3.15. The average molecular weight is 248 g/mol. The third kappa shape index (κ3) is 2.74. The van der Waals surface area contributed by atoms with Crippen molar-refractivity contribution >= 4 is 10.0 Å². The third-order valence-electron chi connectivity index (χ3n) is 3.48. The minimum absolute atomic E-state index is 0.252. The number of rotatable bonds is 3. The number of nitrogens with zero attached hydrogens (tertiary/aromatic N) is 2. The molecule has 2 fully saturated rings. The standard InChI is InChI=1S/C10H20N2O3S/c1-16(14,15)12-7-4-10(13,9-12)8-11-5-2-3-6-11/h13H,2-9H2,1H3. The van der Waals surface area contributed by atoms with Gasteiger partial charge in [0.25, 0.3) is 0 Å². The van der Waals surface area contributed by atoms with Crippen LogP contribution in [0.3, 0.4) is 0 Å². The van der Waals surface area contributed by atoms with E-state index in [-0.39, 0.29) is 6.54 Å². The Bertz CT molecular complexity index is 351. The Balaban J connectivity index is 1.94. The van der Waals surface area contributed by atoms with E-state index in [1.54, 1.807) is 0 Å². The van der Waals surface area contributed by atoms with Gasteiger partial charge in [-0.15, -0.1) is 0 Å². The van der Waals surface area contributed by atoms with E-state index in [2.05, 4.69) is 4.90 Å². The molecule has 2 saturated heterocycles. The van der Waals surface area contributed by atoms with E-state index in [9.17, 15) is 13.5 Å². The second-order valence-electron chi connectivity index (χ2n) is 5.05. The summed E-state index contributed by atoms with van der Waals surface area (Å²) in [7, 11) is -3.15. The zero-order chi connectivity index (χ0) is 11.8. The van der Waals surface area contributed by atoms with Crippen molar-refractivity contribution in [1.29, 1.82) is 0 Å². The molecule has 1 N–H and O–H groups in total. The average Bonchev–Trinajstić information content (AvgIpc) is 2.74. The Morgan fingerprint density at radius 2 is 1.88 bits per heavy atom. The van der Waals surface area contributed by atoms with Crippen LogP contribution in [0, 0.1) is 0 Å². The molecule has 0 aromatic carbocycles. The van der Waals surface area contributed by atoms with Crippen molar-refractivity contribution < 1.29 is 13.5 Å². The molecule has 0 spiro atoms. The smallest absolute Gasteiger partial charge is 0.211 e. The summed E-state index contributed by atoms with van der Waals surface area (Å²) < 4.78 is 24.1. The normalized spacial score (nSPS) is 33.6. The Labute approximate surface area is 97.1 Å². The topological polar surface area (TPSA) is 60.9 Å². The number of sulfonamides is 1. The van der Waals surface area contributed by atoms with Crippen LogP contribution in [0.4, 0.5) is 0 Å². The molecule has 0 saturated carbocycles. The summed E-state index contributed by atoms with van der Waals surface area (Å²) in [6.45, 7) is 3.37. The van der Waals surface area contributed by atoms with Crippen molar-refractivity contribution in [2.45, 2.75) is 24.9 Å². The zero-order valence-electron chi connectivity index (χ0n) is 9.72. The highest BCUT2D eigenvalue weighted by Crippen LogP contribution is 2.25. The molecule has 1 atom stereocenters. The van der Waals surface area contributed by atoms with Crippen LogP contribution in [0.1, 0.15) is 19.3 Å². The predicted molar refractivity (Wildman–Crippen MR) is 61.7 cm³/mol. The maximum atomic E-state index is 11.4. The summed E-state index contributed by atoms with van der Waals surface area (Å²) >= 11 is 0. The Kier molecular flexibility index (Phi) is 3.27. The molecule has 16 heavy (non-hydrogen) atoms. The van der Waals surface area contributed by atoms with Gasteiger partial charge in [-0.05, 0) is 32.4 Å². The SMILES string of the molecule is CS(=O)(=O)N1CCC(O)(CN2CCCC2)C1. The maximum Gasteiger partial charge on any atom is 0.211 e. The summed E-state index contributed by atoms with van der Waals surface area (Å²) in [6, 6.07) is 0. The van der Waals surface area contributed by atoms with Gasteiger partial charge in [-0.1, -0.05) is 0 Å². The van der Waals surface area contributed by atoms with Crippen LogP contribution in [0.5, 0.6) is 0 Å². The number of likely N-dealkylation sites (tertiary alicyclic amines) is 1. The van der Waals surface area contributed by atoms with Crippen LogP contribution in [-0.2, 0) is 10.0 Å². The van der Waals surface area contributed by atoms with Gasteiger partial charge in [-0.25, -0.2) is 8.42 Å². The highest BCUT2D eigenvalue weighted by molar-refractivity contribution is 7.88. The molecular weight excluding hydrogens is 228 g/mol. The quantitative estimate of drug-likeness (QED) is 0.730. The van der Waals surface area contributed by atoms with Gasteiger partial charge in [0, 0.05) is 19.6 Å². The molecule has 2 aliphatic heterocycles. The van der Waals surface area contributed by atoms with Crippen molar-refractivity contribution in [3.05, 3.63) is 0 Å². The summed E-state index contributed by atoms with van der Waals surface area (Å²) in [6.07, 6.45) is 4.13. The first kappa shape index (κ1) is 12.3. The fourth-order valence-corrected chi connectivity index (χ4v) is 3.49. The molecular formula is C10H20N2O3S. The van der Waals surface area contributed by atoms with Gasteiger partial charge in [-0.3, -0.25) is 0 Å². The molecule has 0 aromatic heterocycles. The fourth-order valence-electron chi connectivity index (χ4n) is 2.59. The van der Waals surface area contributed by atoms with Crippen molar-refractivity contribution in [3.63, 3.8) is 0 Å². The van der Waals surface area contributed by atoms with Crippen LogP contribution in [0.2, 0.25) is 0 Å². The Hall–Kier alpha value is -0.170. The van der Waals surface area contributed by atoms with Gasteiger partial charge >= 0.3 is 0 Å². The molecule has 1 unspecified atom stereocenters. The van der Waals surface area contributed by atoms with Crippen LogP contribution in [0.25, 0.3) is 0 Å². The largest absolute Gasteiger partial charge is 0.387 e. The zero-order valence-corrected chi connectivity index (χ0v) is 10.5. The first-order valence-corrected chi connectivity index (χ1v) is 7.64. The number of hydrogen-bond acceptors (Lipinski definition) is 4. The second kappa shape index (κ2) is 4.25. The molecule has 0 aliphatic carbocycles. The molecule has 2 heterocycles. The van der Waals surface area contributed by atoms with Crippen LogP contribution < -0.4 is 0 Å². The molecule has 0 amide bonds.